The molecule has 0 aliphatic carbocycles. The van der Waals surface area contributed by atoms with E-state index in [1.807, 2.05) is 0 Å². The van der Waals surface area contributed by atoms with E-state index in [0.29, 0.717) is 18.0 Å². The highest BCUT2D eigenvalue weighted by Crippen LogP contribution is 2.19. The van der Waals surface area contributed by atoms with Gasteiger partial charge in [0.25, 0.3) is 0 Å². The predicted molar refractivity (Wildman–Crippen MR) is 77.8 cm³/mol. The van der Waals surface area contributed by atoms with Crippen LogP contribution in [0.2, 0.25) is 0 Å². The van der Waals surface area contributed by atoms with Crippen LogP contribution in [0.4, 0.5) is 14.9 Å². The molecule has 1 amide bonds. The van der Waals surface area contributed by atoms with Crippen molar-refractivity contribution in [3.05, 3.63) is 59.9 Å². The Balaban J connectivity index is 1.96. The molecule has 0 bridgehead atoms. The van der Waals surface area contributed by atoms with Crippen LogP contribution in [0.1, 0.15) is 12.5 Å². The second kappa shape index (κ2) is 7.28. The molecule has 0 unspecified atom stereocenters. The van der Waals surface area contributed by atoms with Crippen molar-refractivity contribution < 1.29 is 18.7 Å². The van der Waals surface area contributed by atoms with Gasteiger partial charge < -0.3 is 9.47 Å². The van der Waals surface area contributed by atoms with Crippen LogP contribution in [0.25, 0.3) is 0 Å². The van der Waals surface area contributed by atoms with Gasteiger partial charge >= 0.3 is 6.09 Å². The number of anilines is 1. The third kappa shape index (κ3) is 4.80. The third-order valence-corrected chi connectivity index (χ3v) is 2.65. The monoisotopic (exact) mass is 289 g/mol. The van der Waals surface area contributed by atoms with Gasteiger partial charge in [0.05, 0.1) is 6.61 Å². The molecule has 0 saturated carbocycles. The molecule has 4 nitrogen and oxygen atoms in total. The molecule has 2 rings (SSSR count). The van der Waals surface area contributed by atoms with E-state index in [0.717, 1.165) is 5.56 Å². The normalized spacial score (nSPS) is 10.0. The first-order valence-corrected chi connectivity index (χ1v) is 6.58. The van der Waals surface area contributed by atoms with E-state index in [1.54, 1.807) is 43.3 Å². The number of carbonyl (C=O) groups excluding carboxylic acids is 1. The Hall–Kier alpha value is -2.56. The maximum absolute atomic E-state index is 13.1. The molecule has 0 saturated heterocycles. The van der Waals surface area contributed by atoms with Crippen LogP contribution >= 0.6 is 0 Å². The van der Waals surface area contributed by atoms with Crippen LogP contribution in [0, 0.1) is 5.82 Å². The van der Waals surface area contributed by atoms with Gasteiger partial charge in [-0.25, -0.2) is 9.18 Å². The number of nitrogens with one attached hydrogen (secondary N) is 1. The van der Waals surface area contributed by atoms with Crippen LogP contribution in [-0.4, -0.2) is 12.7 Å². The topological polar surface area (TPSA) is 47.6 Å². The van der Waals surface area contributed by atoms with E-state index in [1.165, 1.54) is 12.1 Å². The Kier molecular flexibility index (Phi) is 5.15. The smallest absolute Gasteiger partial charge is 0.411 e. The Morgan fingerprint density at radius 1 is 1.19 bits per heavy atom. The number of carbonyl (C=O) groups is 1. The van der Waals surface area contributed by atoms with Crippen molar-refractivity contribution >= 4 is 11.8 Å². The van der Waals surface area contributed by atoms with Crippen LogP contribution in [-0.2, 0) is 11.3 Å². The molecule has 21 heavy (non-hydrogen) atoms. The zero-order valence-electron chi connectivity index (χ0n) is 11.6. The highest BCUT2D eigenvalue weighted by atomic mass is 19.1. The molecule has 5 heteroatoms. The van der Waals surface area contributed by atoms with Gasteiger partial charge in [-0.3, -0.25) is 5.32 Å². The Labute approximate surface area is 122 Å². The van der Waals surface area contributed by atoms with Crippen molar-refractivity contribution in [3.8, 4) is 5.75 Å². The van der Waals surface area contributed by atoms with Gasteiger partial charge in [-0.2, -0.15) is 0 Å². The highest BCUT2D eigenvalue weighted by Gasteiger charge is 2.03. The van der Waals surface area contributed by atoms with Gasteiger partial charge in [0.15, 0.2) is 0 Å². The van der Waals surface area contributed by atoms with E-state index in [2.05, 4.69) is 5.32 Å². The minimum absolute atomic E-state index is 0.251. The SMILES string of the molecule is CCOC(=O)Nc1cccc(OCc2cccc(F)c2)c1. The molecular weight excluding hydrogens is 273 g/mol. The summed E-state index contributed by atoms with van der Waals surface area (Å²) in [5.74, 6) is 0.280. The van der Waals surface area contributed by atoms with Crippen molar-refractivity contribution in [2.45, 2.75) is 13.5 Å². The average molecular weight is 289 g/mol. The van der Waals surface area contributed by atoms with E-state index in [4.69, 9.17) is 9.47 Å². The Morgan fingerprint density at radius 2 is 2.00 bits per heavy atom. The van der Waals surface area contributed by atoms with Gasteiger partial charge in [0.2, 0.25) is 0 Å². The maximum atomic E-state index is 13.1. The second-order valence-corrected chi connectivity index (χ2v) is 4.29. The van der Waals surface area contributed by atoms with E-state index >= 15 is 0 Å². The molecular formula is C16H16FNO3. The molecule has 1 N–H and O–H groups in total. The van der Waals surface area contributed by atoms with E-state index in [-0.39, 0.29) is 12.4 Å². The zero-order valence-corrected chi connectivity index (χ0v) is 11.6. The number of benzene rings is 2. The fourth-order valence-corrected chi connectivity index (χ4v) is 1.74. The lowest BCUT2D eigenvalue weighted by Gasteiger charge is -2.09. The number of ether oxygens (including phenoxy) is 2. The highest BCUT2D eigenvalue weighted by molar-refractivity contribution is 5.84. The summed E-state index contributed by atoms with van der Waals surface area (Å²) in [6.07, 6.45) is -0.514. The number of hydrogen-bond acceptors (Lipinski definition) is 3. The van der Waals surface area contributed by atoms with Crippen molar-refractivity contribution in [1.29, 1.82) is 0 Å². The fraction of sp³-hybridized carbons (Fsp3) is 0.188. The van der Waals surface area contributed by atoms with Crippen LogP contribution < -0.4 is 10.1 Å². The summed E-state index contributed by atoms with van der Waals surface area (Å²) in [4.78, 5) is 11.3. The minimum atomic E-state index is -0.514. The lowest BCUT2D eigenvalue weighted by molar-refractivity contribution is 0.168. The summed E-state index contributed by atoms with van der Waals surface area (Å²) in [6, 6.07) is 13.1. The molecule has 0 aliphatic heterocycles. The number of rotatable bonds is 5. The molecule has 2 aromatic rings. The Bertz CT molecular complexity index is 616. The van der Waals surface area contributed by atoms with Gasteiger partial charge in [0.1, 0.15) is 18.2 Å². The van der Waals surface area contributed by atoms with Gasteiger partial charge in [-0.05, 0) is 36.8 Å². The molecule has 0 fully saturated rings. The molecule has 0 radical (unpaired) electrons. The van der Waals surface area contributed by atoms with Crippen LogP contribution in [0.5, 0.6) is 5.75 Å². The fourth-order valence-electron chi connectivity index (χ4n) is 1.74. The summed E-state index contributed by atoms with van der Waals surface area (Å²) >= 11 is 0. The van der Waals surface area contributed by atoms with E-state index in [9.17, 15) is 9.18 Å². The van der Waals surface area contributed by atoms with E-state index < -0.39 is 6.09 Å². The molecule has 110 valence electrons. The molecule has 0 spiro atoms. The quantitative estimate of drug-likeness (QED) is 0.906. The number of hydrogen-bond donors (Lipinski definition) is 1. The molecule has 0 heterocycles. The van der Waals surface area contributed by atoms with Crippen molar-refractivity contribution in [2.24, 2.45) is 0 Å². The van der Waals surface area contributed by atoms with Crippen molar-refractivity contribution in [2.75, 3.05) is 11.9 Å². The summed E-state index contributed by atoms with van der Waals surface area (Å²) in [7, 11) is 0. The number of amides is 1. The zero-order chi connectivity index (χ0) is 15.1. The molecule has 0 aromatic heterocycles. The lowest BCUT2D eigenvalue weighted by atomic mass is 10.2. The summed E-state index contributed by atoms with van der Waals surface area (Å²) in [6.45, 7) is 2.29. The number of halogens is 1. The minimum Gasteiger partial charge on any atom is -0.489 e. The third-order valence-electron chi connectivity index (χ3n) is 2.65. The summed E-state index contributed by atoms with van der Waals surface area (Å²) in [5, 5.41) is 2.59. The molecule has 0 aliphatic rings. The van der Waals surface area contributed by atoms with Crippen LogP contribution in [0.3, 0.4) is 0 Å². The van der Waals surface area contributed by atoms with Crippen LogP contribution in [0.15, 0.2) is 48.5 Å². The van der Waals surface area contributed by atoms with Gasteiger partial charge in [-0.1, -0.05) is 18.2 Å². The van der Waals surface area contributed by atoms with Gasteiger partial charge in [-0.15, -0.1) is 0 Å². The second-order valence-electron chi connectivity index (χ2n) is 4.29. The summed E-state index contributed by atoms with van der Waals surface area (Å²) < 4.78 is 23.4. The largest absolute Gasteiger partial charge is 0.489 e. The molecule has 0 atom stereocenters. The lowest BCUT2D eigenvalue weighted by Crippen LogP contribution is -2.13. The van der Waals surface area contributed by atoms with Gasteiger partial charge in [0, 0.05) is 11.8 Å². The summed E-state index contributed by atoms with van der Waals surface area (Å²) in [5.41, 5.74) is 1.31. The Morgan fingerprint density at radius 3 is 2.76 bits per heavy atom. The first-order valence-electron chi connectivity index (χ1n) is 6.58. The van der Waals surface area contributed by atoms with Crippen molar-refractivity contribution in [3.63, 3.8) is 0 Å². The van der Waals surface area contributed by atoms with Crippen molar-refractivity contribution in [1.82, 2.24) is 0 Å². The first-order chi connectivity index (χ1) is 10.2. The standard InChI is InChI=1S/C16H16FNO3/c1-2-20-16(19)18-14-7-4-8-15(10-14)21-11-12-5-3-6-13(17)9-12/h3-10H,2,11H2,1H3,(H,18,19). The average Bonchev–Trinajstić information content (AvgIpc) is 2.46. The predicted octanol–water partition coefficient (Wildman–Crippen LogP) is 3.97. The molecule has 2 aromatic carbocycles. The maximum Gasteiger partial charge on any atom is 0.411 e. The first kappa shape index (κ1) is 14.8.